The van der Waals surface area contributed by atoms with Crippen LogP contribution in [0.4, 0.5) is 4.79 Å². The number of rotatable bonds is 5. The highest BCUT2D eigenvalue weighted by atomic mass is 16.5. The number of benzene rings is 1. The van der Waals surface area contributed by atoms with Crippen LogP contribution in [0.25, 0.3) is 0 Å². The molecule has 3 aliphatic rings. The molecule has 3 aliphatic carbocycles. The van der Waals surface area contributed by atoms with E-state index in [9.17, 15) is 19.5 Å². The molecule has 1 aromatic rings. The second-order valence-electron chi connectivity index (χ2n) is 11.0. The third-order valence-electron chi connectivity index (χ3n) is 9.15. The van der Waals surface area contributed by atoms with Crippen LogP contribution in [0.15, 0.2) is 30.3 Å². The first kappa shape index (κ1) is 23.9. The van der Waals surface area contributed by atoms with Gasteiger partial charge in [0.1, 0.15) is 18.2 Å². The lowest BCUT2D eigenvalue weighted by atomic mass is 9.50. The first-order valence-corrected chi connectivity index (χ1v) is 12.4. The van der Waals surface area contributed by atoms with Crippen molar-refractivity contribution >= 4 is 17.7 Å². The summed E-state index contributed by atoms with van der Waals surface area (Å²) < 4.78 is 5.48. The second-order valence-corrected chi connectivity index (χ2v) is 11.0. The lowest BCUT2D eigenvalue weighted by Crippen LogP contribution is -2.57. The zero-order valence-electron chi connectivity index (χ0n) is 20.0. The van der Waals surface area contributed by atoms with Crippen LogP contribution < -0.4 is 5.32 Å². The summed E-state index contributed by atoms with van der Waals surface area (Å²) in [6, 6.07) is 9.35. The highest BCUT2D eigenvalue weighted by Crippen LogP contribution is 2.61. The van der Waals surface area contributed by atoms with E-state index in [1.807, 2.05) is 44.2 Å². The summed E-state index contributed by atoms with van der Waals surface area (Å²) in [5.74, 6) is 0.368. The summed E-state index contributed by atoms with van der Waals surface area (Å²) in [5, 5.41) is 13.9. The predicted octanol–water partition coefficient (Wildman–Crippen LogP) is 4.43. The number of alkyl carbamates (subject to hydrolysis) is 1. The van der Waals surface area contributed by atoms with Crippen molar-refractivity contribution < 1.29 is 24.2 Å². The molecule has 0 aromatic heterocycles. The van der Waals surface area contributed by atoms with E-state index >= 15 is 0 Å². The molecule has 6 nitrogen and oxygen atoms in total. The Morgan fingerprint density at radius 3 is 2.55 bits per heavy atom. The van der Waals surface area contributed by atoms with Gasteiger partial charge in [-0.1, -0.05) is 44.2 Å². The van der Waals surface area contributed by atoms with Gasteiger partial charge in [0, 0.05) is 17.9 Å². The third kappa shape index (κ3) is 4.46. The zero-order chi connectivity index (χ0) is 23.8. The topological polar surface area (TPSA) is 92.7 Å². The van der Waals surface area contributed by atoms with E-state index in [0.717, 1.165) is 31.2 Å². The van der Waals surface area contributed by atoms with E-state index < -0.39 is 11.5 Å². The van der Waals surface area contributed by atoms with Gasteiger partial charge in [-0.15, -0.1) is 0 Å². The van der Waals surface area contributed by atoms with Crippen LogP contribution in [0.1, 0.15) is 71.3 Å². The van der Waals surface area contributed by atoms with Crippen molar-refractivity contribution in [3.8, 4) is 0 Å². The normalized spacial score (nSPS) is 37.3. The summed E-state index contributed by atoms with van der Waals surface area (Å²) in [6.45, 7) is 6.38. The fourth-order valence-corrected chi connectivity index (χ4v) is 7.05. The van der Waals surface area contributed by atoms with Crippen molar-refractivity contribution in [3.63, 3.8) is 0 Å². The Labute approximate surface area is 196 Å². The van der Waals surface area contributed by atoms with Crippen LogP contribution in [-0.2, 0) is 20.9 Å². The summed E-state index contributed by atoms with van der Waals surface area (Å²) in [6.07, 6.45) is 3.51. The highest BCUT2D eigenvalue weighted by Gasteiger charge is 2.59. The molecule has 0 aliphatic heterocycles. The maximum absolute atomic E-state index is 13.1. The number of hydrogen-bond acceptors (Lipinski definition) is 5. The lowest BCUT2D eigenvalue weighted by molar-refractivity contribution is -0.147. The number of Topliss-reactive ketones (excluding diaryl/α,β-unsaturated/α-hetero) is 2. The van der Waals surface area contributed by atoms with Gasteiger partial charge < -0.3 is 15.2 Å². The summed E-state index contributed by atoms with van der Waals surface area (Å²) >= 11 is 0. The van der Waals surface area contributed by atoms with Crippen LogP contribution in [0.3, 0.4) is 0 Å². The molecular weight excluding hydrogens is 418 g/mol. The molecule has 2 N–H and O–H groups in total. The molecule has 0 bridgehead atoms. The second kappa shape index (κ2) is 9.21. The monoisotopic (exact) mass is 455 g/mol. The van der Waals surface area contributed by atoms with Gasteiger partial charge in [-0.2, -0.15) is 0 Å². The van der Waals surface area contributed by atoms with Crippen molar-refractivity contribution in [1.29, 1.82) is 0 Å². The van der Waals surface area contributed by atoms with Crippen molar-refractivity contribution in [2.45, 2.75) is 84.5 Å². The number of amides is 1. The molecule has 0 radical (unpaired) electrons. The van der Waals surface area contributed by atoms with Crippen molar-refractivity contribution in [1.82, 2.24) is 5.32 Å². The average molecular weight is 456 g/mol. The molecule has 3 fully saturated rings. The molecule has 33 heavy (non-hydrogen) atoms. The Hall–Kier alpha value is -2.21. The summed E-state index contributed by atoms with van der Waals surface area (Å²) in [5.41, 5.74) is 0.138. The van der Waals surface area contributed by atoms with E-state index in [1.165, 1.54) is 0 Å². The number of carbonyl (C=O) groups excluding carboxylic acids is 3. The van der Waals surface area contributed by atoms with Crippen molar-refractivity contribution in [2.75, 3.05) is 0 Å². The molecule has 7 atom stereocenters. The standard InChI is InChI=1S/C27H37NO5/c1-17(28-25(32)33-16-18-7-5-4-6-8-18)24-20-9-10-22(30)26(20,2)14-12-21(24)27(3)13-11-19(29)15-23(27)31/h4-8,17,20-22,24,30H,9-16H2,1-3H3,(H,28,32)/t17-,20?,21?,22?,24?,26?,27?/m1/s1. The highest BCUT2D eigenvalue weighted by molar-refractivity contribution is 6.04. The lowest BCUT2D eigenvalue weighted by Gasteiger charge is -2.55. The van der Waals surface area contributed by atoms with Crippen LogP contribution in [-0.4, -0.2) is 34.9 Å². The Kier molecular flexibility index (Phi) is 6.68. The molecule has 6 unspecified atom stereocenters. The van der Waals surface area contributed by atoms with Gasteiger partial charge in [-0.25, -0.2) is 4.79 Å². The van der Waals surface area contributed by atoms with Crippen LogP contribution >= 0.6 is 0 Å². The van der Waals surface area contributed by atoms with Gasteiger partial charge in [0.05, 0.1) is 12.5 Å². The number of aliphatic hydroxyl groups is 1. The van der Waals surface area contributed by atoms with Gasteiger partial charge in [0.2, 0.25) is 0 Å². The van der Waals surface area contributed by atoms with Crippen LogP contribution in [0.5, 0.6) is 0 Å². The molecular formula is C27H37NO5. The minimum Gasteiger partial charge on any atom is -0.445 e. The largest absolute Gasteiger partial charge is 0.445 e. The fraction of sp³-hybridized carbons (Fsp3) is 0.667. The number of fused-ring (bicyclic) bond motifs is 1. The van der Waals surface area contributed by atoms with E-state index in [1.54, 1.807) is 0 Å². The number of aliphatic hydroxyl groups excluding tert-OH is 1. The quantitative estimate of drug-likeness (QED) is 0.641. The van der Waals surface area contributed by atoms with E-state index in [2.05, 4.69) is 12.2 Å². The van der Waals surface area contributed by atoms with E-state index in [-0.39, 0.29) is 59.9 Å². The van der Waals surface area contributed by atoms with Crippen LogP contribution in [0, 0.1) is 28.6 Å². The number of ether oxygens (including phenoxy) is 1. The molecule has 0 saturated heterocycles. The van der Waals surface area contributed by atoms with Crippen molar-refractivity contribution in [3.05, 3.63) is 35.9 Å². The maximum atomic E-state index is 13.1. The van der Waals surface area contributed by atoms with Crippen molar-refractivity contribution in [2.24, 2.45) is 28.6 Å². The Morgan fingerprint density at radius 2 is 1.85 bits per heavy atom. The van der Waals surface area contributed by atoms with Gasteiger partial charge >= 0.3 is 6.09 Å². The molecule has 0 heterocycles. The Balaban J connectivity index is 1.54. The van der Waals surface area contributed by atoms with Gasteiger partial charge in [-0.3, -0.25) is 9.59 Å². The molecule has 1 aromatic carbocycles. The molecule has 180 valence electrons. The molecule has 6 heteroatoms. The minimum absolute atomic E-state index is 0.0191. The fourth-order valence-electron chi connectivity index (χ4n) is 7.05. The molecule has 1 amide bonds. The Morgan fingerprint density at radius 1 is 1.12 bits per heavy atom. The third-order valence-corrected chi connectivity index (χ3v) is 9.15. The molecule has 4 rings (SSSR count). The smallest absolute Gasteiger partial charge is 0.407 e. The van der Waals surface area contributed by atoms with Gasteiger partial charge in [-0.05, 0) is 67.8 Å². The first-order chi connectivity index (χ1) is 15.6. The number of ketones is 2. The van der Waals surface area contributed by atoms with E-state index in [4.69, 9.17) is 4.74 Å². The number of carbonyl (C=O) groups is 3. The first-order valence-electron chi connectivity index (χ1n) is 12.4. The SMILES string of the molecule is C[C@@H](NC(=O)OCc1ccccc1)C1C(C2(C)CCC(=O)CC2=O)CCC2(C)C(O)CCC12. The number of nitrogens with one attached hydrogen (secondary N) is 1. The molecule has 3 saturated carbocycles. The van der Waals surface area contributed by atoms with Gasteiger partial charge in [0.15, 0.2) is 0 Å². The number of hydrogen-bond donors (Lipinski definition) is 2. The van der Waals surface area contributed by atoms with E-state index in [0.29, 0.717) is 12.8 Å². The maximum Gasteiger partial charge on any atom is 0.407 e. The Bertz CT molecular complexity index is 901. The van der Waals surface area contributed by atoms with Crippen LogP contribution in [0.2, 0.25) is 0 Å². The van der Waals surface area contributed by atoms with Gasteiger partial charge in [0.25, 0.3) is 0 Å². The molecule has 0 spiro atoms. The predicted molar refractivity (Wildman–Crippen MR) is 124 cm³/mol. The minimum atomic E-state index is -0.572. The average Bonchev–Trinajstić information content (AvgIpc) is 3.09. The summed E-state index contributed by atoms with van der Waals surface area (Å²) in [7, 11) is 0. The summed E-state index contributed by atoms with van der Waals surface area (Å²) in [4.78, 5) is 37.8. The zero-order valence-corrected chi connectivity index (χ0v) is 20.0.